The average molecular weight is 289 g/mol. The van der Waals surface area contributed by atoms with Crippen molar-refractivity contribution in [3.8, 4) is 17.6 Å². The van der Waals surface area contributed by atoms with Crippen molar-refractivity contribution < 1.29 is 14.6 Å². The zero-order valence-electron chi connectivity index (χ0n) is 12.9. The molecule has 0 atom stereocenters. The number of methoxy groups -OCH3 is 1. The number of benzene rings is 1. The third kappa shape index (κ3) is 5.13. The number of rotatable bonds is 6. The van der Waals surface area contributed by atoms with E-state index in [0.717, 1.165) is 12.8 Å². The van der Waals surface area contributed by atoms with Crippen LogP contribution in [0, 0.1) is 17.8 Å². The molecule has 21 heavy (non-hydrogen) atoms. The molecule has 0 radical (unpaired) electrons. The van der Waals surface area contributed by atoms with Gasteiger partial charge in [-0.1, -0.05) is 38.5 Å². The van der Waals surface area contributed by atoms with Gasteiger partial charge in [0, 0.05) is 12.1 Å². The highest BCUT2D eigenvalue weighted by molar-refractivity contribution is 5.94. The van der Waals surface area contributed by atoms with Crippen molar-refractivity contribution in [1.29, 1.82) is 0 Å². The fraction of sp³-hybridized carbons (Fsp3) is 0.471. The number of nitrogens with one attached hydrogen (secondary N) is 1. The number of ether oxygens (including phenoxy) is 1. The Kier molecular flexibility index (Phi) is 7.34. The summed E-state index contributed by atoms with van der Waals surface area (Å²) in [6.07, 6.45) is 2.10. The monoisotopic (exact) mass is 289 g/mol. The lowest BCUT2D eigenvalue weighted by Crippen LogP contribution is -2.28. The second kappa shape index (κ2) is 9.04. The van der Waals surface area contributed by atoms with Gasteiger partial charge >= 0.3 is 0 Å². The number of hydrogen-bond acceptors (Lipinski definition) is 3. The smallest absolute Gasteiger partial charge is 0.251 e. The Bertz CT molecular complexity index is 525. The van der Waals surface area contributed by atoms with Crippen LogP contribution in [0.4, 0.5) is 0 Å². The van der Waals surface area contributed by atoms with Crippen LogP contribution in [0.2, 0.25) is 0 Å². The van der Waals surface area contributed by atoms with Crippen molar-refractivity contribution in [2.24, 2.45) is 5.92 Å². The Balaban J connectivity index is 2.85. The van der Waals surface area contributed by atoms with Crippen LogP contribution in [0.25, 0.3) is 0 Å². The van der Waals surface area contributed by atoms with Gasteiger partial charge in [-0.3, -0.25) is 4.79 Å². The van der Waals surface area contributed by atoms with E-state index < -0.39 is 0 Å². The van der Waals surface area contributed by atoms with E-state index >= 15 is 0 Å². The Morgan fingerprint density at radius 3 is 2.67 bits per heavy atom. The second-order valence-corrected chi connectivity index (χ2v) is 4.77. The predicted molar refractivity (Wildman–Crippen MR) is 83.4 cm³/mol. The molecule has 0 fully saturated rings. The van der Waals surface area contributed by atoms with Crippen molar-refractivity contribution in [2.45, 2.75) is 26.7 Å². The number of hydrogen-bond donors (Lipinski definition) is 2. The highest BCUT2D eigenvalue weighted by atomic mass is 16.5. The topological polar surface area (TPSA) is 58.6 Å². The first-order chi connectivity index (χ1) is 10.2. The maximum Gasteiger partial charge on any atom is 0.251 e. The second-order valence-electron chi connectivity index (χ2n) is 4.77. The fourth-order valence-corrected chi connectivity index (χ4v) is 2.00. The summed E-state index contributed by atoms with van der Waals surface area (Å²) in [5.41, 5.74) is 1.14. The van der Waals surface area contributed by atoms with Crippen molar-refractivity contribution in [2.75, 3.05) is 20.3 Å². The van der Waals surface area contributed by atoms with Crippen molar-refractivity contribution in [1.82, 2.24) is 5.32 Å². The van der Waals surface area contributed by atoms with Gasteiger partial charge in [0.25, 0.3) is 5.91 Å². The molecule has 1 aromatic carbocycles. The molecule has 0 aliphatic rings. The molecule has 0 saturated heterocycles. The van der Waals surface area contributed by atoms with E-state index in [-0.39, 0.29) is 12.5 Å². The Labute approximate surface area is 126 Å². The molecule has 0 aromatic heterocycles. The van der Waals surface area contributed by atoms with E-state index in [1.165, 1.54) is 0 Å². The molecule has 0 spiro atoms. The summed E-state index contributed by atoms with van der Waals surface area (Å²) in [6, 6.07) is 5.11. The third-order valence-corrected chi connectivity index (χ3v) is 3.47. The molecule has 4 nitrogen and oxygen atoms in total. The summed E-state index contributed by atoms with van der Waals surface area (Å²) < 4.78 is 5.19. The molecule has 0 saturated carbocycles. The number of carbonyl (C=O) groups excluding carboxylic acids is 1. The van der Waals surface area contributed by atoms with Crippen molar-refractivity contribution in [3.05, 3.63) is 29.3 Å². The van der Waals surface area contributed by atoms with Crippen LogP contribution in [0.1, 0.15) is 42.6 Å². The quantitative estimate of drug-likeness (QED) is 0.789. The van der Waals surface area contributed by atoms with Crippen molar-refractivity contribution >= 4 is 5.91 Å². The maximum absolute atomic E-state index is 12.2. The van der Waals surface area contributed by atoms with Crippen LogP contribution in [-0.4, -0.2) is 31.3 Å². The SMILES string of the molecule is CCC(CC)CNC(=O)c1ccc(OC)c(C#CCO)c1. The lowest BCUT2D eigenvalue weighted by atomic mass is 10.0. The standard InChI is InChI=1S/C17H23NO3/c1-4-13(5-2)12-18-17(20)15-8-9-16(21-3)14(11-15)7-6-10-19/h8-9,11,13,19H,4-5,10,12H2,1-3H3,(H,18,20). The lowest BCUT2D eigenvalue weighted by Gasteiger charge is -2.13. The number of amides is 1. The molecule has 0 aliphatic heterocycles. The molecule has 1 amide bonds. The summed E-state index contributed by atoms with van der Waals surface area (Å²) in [5.74, 6) is 6.34. The van der Waals surface area contributed by atoms with Crippen LogP contribution in [0.3, 0.4) is 0 Å². The van der Waals surface area contributed by atoms with Crippen LogP contribution in [-0.2, 0) is 0 Å². The van der Waals surface area contributed by atoms with Gasteiger partial charge in [0.15, 0.2) is 0 Å². The summed E-state index contributed by atoms with van der Waals surface area (Å²) in [5, 5.41) is 11.7. The van der Waals surface area contributed by atoms with E-state index in [1.54, 1.807) is 25.3 Å². The van der Waals surface area contributed by atoms with Gasteiger partial charge in [-0.25, -0.2) is 0 Å². The molecule has 0 heterocycles. The maximum atomic E-state index is 12.2. The first kappa shape index (κ1) is 17.1. The van der Waals surface area contributed by atoms with Crippen LogP contribution in [0.5, 0.6) is 5.75 Å². The van der Waals surface area contributed by atoms with Crippen LogP contribution < -0.4 is 10.1 Å². The Morgan fingerprint density at radius 1 is 1.38 bits per heavy atom. The molecule has 114 valence electrons. The first-order valence-corrected chi connectivity index (χ1v) is 7.22. The Hall–Kier alpha value is -1.99. The van der Waals surface area contributed by atoms with Gasteiger partial charge in [0.05, 0.1) is 12.7 Å². The van der Waals surface area contributed by atoms with Gasteiger partial charge in [0.1, 0.15) is 12.4 Å². The number of aliphatic hydroxyl groups excluding tert-OH is 1. The molecule has 1 aromatic rings. The van der Waals surface area contributed by atoms with Gasteiger partial charge in [-0.05, 0) is 24.1 Å². The molecule has 0 unspecified atom stereocenters. The zero-order chi connectivity index (χ0) is 15.7. The molecule has 2 N–H and O–H groups in total. The van der Waals surface area contributed by atoms with Gasteiger partial charge in [0.2, 0.25) is 0 Å². The lowest BCUT2D eigenvalue weighted by molar-refractivity contribution is 0.0946. The molecular weight excluding hydrogens is 266 g/mol. The minimum Gasteiger partial charge on any atom is -0.495 e. The van der Waals surface area contributed by atoms with E-state index in [2.05, 4.69) is 31.0 Å². The van der Waals surface area contributed by atoms with Gasteiger partial charge < -0.3 is 15.2 Å². The normalized spacial score (nSPS) is 9.95. The van der Waals surface area contributed by atoms with E-state index in [9.17, 15) is 4.79 Å². The highest BCUT2D eigenvalue weighted by Gasteiger charge is 2.11. The molecule has 4 heteroatoms. The summed E-state index contributed by atoms with van der Waals surface area (Å²) >= 11 is 0. The van der Waals surface area contributed by atoms with E-state index in [0.29, 0.717) is 29.3 Å². The van der Waals surface area contributed by atoms with Crippen LogP contribution in [0.15, 0.2) is 18.2 Å². The Morgan fingerprint density at radius 2 is 2.10 bits per heavy atom. The minimum absolute atomic E-state index is 0.114. The zero-order valence-corrected chi connectivity index (χ0v) is 12.9. The van der Waals surface area contributed by atoms with Gasteiger partial charge in [-0.2, -0.15) is 0 Å². The largest absolute Gasteiger partial charge is 0.495 e. The van der Waals surface area contributed by atoms with Crippen molar-refractivity contribution in [3.63, 3.8) is 0 Å². The molecule has 0 bridgehead atoms. The average Bonchev–Trinajstić information content (AvgIpc) is 2.53. The van der Waals surface area contributed by atoms with Crippen LogP contribution >= 0.6 is 0 Å². The number of carbonyl (C=O) groups is 1. The third-order valence-electron chi connectivity index (χ3n) is 3.47. The summed E-state index contributed by atoms with van der Waals surface area (Å²) in [7, 11) is 1.55. The van der Waals surface area contributed by atoms with E-state index in [4.69, 9.17) is 9.84 Å². The minimum atomic E-state index is -0.228. The van der Waals surface area contributed by atoms with Gasteiger partial charge in [-0.15, -0.1) is 0 Å². The molecular formula is C17H23NO3. The predicted octanol–water partition coefficient (Wildman–Crippen LogP) is 2.21. The van der Waals surface area contributed by atoms with E-state index in [1.807, 2.05) is 0 Å². The highest BCUT2D eigenvalue weighted by Crippen LogP contribution is 2.19. The molecule has 0 aliphatic carbocycles. The first-order valence-electron chi connectivity index (χ1n) is 7.22. The number of aliphatic hydroxyl groups is 1. The summed E-state index contributed by atoms with van der Waals surface area (Å²) in [6.45, 7) is 4.69. The fourth-order valence-electron chi connectivity index (χ4n) is 2.00. The molecule has 1 rings (SSSR count). The summed E-state index contributed by atoms with van der Waals surface area (Å²) in [4.78, 5) is 12.2.